The molecular formula is C9H15NO3S. The number of sulfone groups is 1. The van der Waals surface area contributed by atoms with Crippen molar-refractivity contribution in [3.8, 4) is 0 Å². The molecule has 5 heteroatoms. The predicted octanol–water partition coefficient (Wildman–Crippen LogP) is -0.309. The van der Waals surface area contributed by atoms with E-state index < -0.39 is 9.84 Å². The van der Waals surface area contributed by atoms with E-state index in [1.807, 2.05) is 0 Å². The van der Waals surface area contributed by atoms with Crippen molar-refractivity contribution in [1.29, 1.82) is 0 Å². The molecule has 3 fully saturated rings. The van der Waals surface area contributed by atoms with E-state index in [0.717, 1.165) is 19.3 Å². The van der Waals surface area contributed by atoms with Gasteiger partial charge in [-0.1, -0.05) is 0 Å². The Kier molecular flexibility index (Phi) is 1.77. The van der Waals surface area contributed by atoms with Gasteiger partial charge in [0.15, 0.2) is 0 Å². The number of epoxide rings is 1. The zero-order chi connectivity index (χ0) is 9.92. The molecule has 14 heavy (non-hydrogen) atoms. The molecular weight excluding hydrogens is 202 g/mol. The Morgan fingerprint density at radius 2 is 2.14 bits per heavy atom. The highest BCUT2D eigenvalue weighted by Gasteiger charge is 2.57. The molecule has 2 heterocycles. The number of nitrogens with one attached hydrogen (secondary N) is 1. The van der Waals surface area contributed by atoms with Crippen LogP contribution in [0.5, 0.6) is 0 Å². The fourth-order valence-corrected chi connectivity index (χ4v) is 3.70. The largest absolute Gasteiger partial charge is 0.368 e. The number of hydrogen-bond acceptors (Lipinski definition) is 4. The van der Waals surface area contributed by atoms with E-state index in [1.165, 1.54) is 6.26 Å². The van der Waals surface area contributed by atoms with Crippen molar-refractivity contribution >= 4 is 9.84 Å². The Bertz CT molecular complexity index is 353. The molecule has 0 aromatic rings. The van der Waals surface area contributed by atoms with Crippen LogP contribution in [0.15, 0.2) is 0 Å². The SMILES string of the molecule is CS(=O)(=O)C1CCC2OC2C2NC2C1. The van der Waals surface area contributed by atoms with Crippen LogP contribution in [0, 0.1) is 0 Å². The molecule has 3 aliphatic rings. The lowest BCUT2D eigenvalue weighted by atomic mass is 10.0. The van der Waals surface area contributed by atoms with E-state index in [9.17, 15) is 8.42 Å². The van der Waals surface area contributed by atoms with Crippen LogP contribution >= 0.6 is 0 Å². The van der Waals surface area contributed by atoms with Crippen LogP contribution in [0.4, 0.5) is 0 Å². The van der Waals surface area contributed by atoms with Crippen LogP contribution in [0.2, 0.25) is 0 Å². The van der Waals surface area contributed by atoms with E-state index in [2.05, 4.69) is 5.32 Å². The first-order chi connectivity index (χ1) is 6.55. The maximum absolute atomic E-state index is 11.5. The lowest BCUT2D eigenvalue weighted by Gasteiger charge is -2.14. The summed E-state index contributed by atoms with van der Waals surface area (Å²) in [5.41, 5.74) is 0. The molecule has 1 N–H and O–H groups in total. The van der Waals surface area contributed by atoms with Gasteiger partial charge < -0.3 is 10.1 Å². The smallest absolute Gasteiger partial charge is 0.150 e. The second-order valence-corrected chi connectivity index (χ2v) is 7.03. The van der Waals surface area contributed by atoms with E-state index in [1.54, 1.807) is 0 Å². The third-order valence-corrected chi connectivity index (χ3v) is 5.24. The summed E-state index contributed by atoms with van der Waals surface area (Å²) < 4.78 is 28.4. The topological polar surface area (TPSA) is 68.6 Å². The fraction of sp³-hybridized carbons (Fsp3) is 1.00. The zero-order valence-electron chi connectivity index (χ0n) is 8.14. The summed E-state index contributed by atoms with van der Waals surface area (Å²) in [5.74, 6) is 0. The van der Waals surface area contributed by atoms with Gasteiger partial charge in [0.2, 0.25) is 0 Å². The Labute approximate surface area is 83.9 Å². The van der Waals surface area contributed by atoms with E-state index in [-0.39, 0.29) is 5.25 Å². The summed E-state index contributed by atoms with van der Waals surface area (Å²) in [5, 5.41) is 3.16. The Morgan fingerprint density at radius 1 is 1.36 bits per heavy atom. The monoisotopic (exact) mass is 217 g/mol. The number of hydrogen-bond donors (Lipinski definition) is 1. The summed E-state index contributed by atoms with van der Waals surface area (Å²) in [7, 11) is -2.87. The first-order valence-corrected chi connectivity index (χ1v) is 7.11. The average molecular weight is 217 g/mol. The van der Waals surface area contributed by atoms with Crippen molar-refractivity contribution in [3.63, 3.8) is 0 Å². The number of ether oxygens (including phenoxy) is 1. The van der Waals surface area contributed by atoms with Crippen LogP contribution in [0.25, 0.3) is 0 Å². The molecule has 1 saturated carbocycles. The van der Waals surface area contributed by atoms with Gasteiger partial charge in [-0.05, 0) is 19.3 Å². The van der Waals surface area contributed by atoms with Gasteiger partial charge in [0, 0.05) is 12.3 Å². The standard InChI is InChI=1S/C9H15NO3S/c1-14(11,12)5-2-3-7-9(13-7)8-6(4-5)10-8/h5-10H,2-4H2,1H3. The molecule has 0 amide bonds. The van der Waals surface area contributed by atoms with Crippen molar-refractivity contribution in [2.45, 2.75) is 48.8 Å². The normalized spacial score (nSPS) is 51.1. The maximum Gasteiger partial charge on any atom is 0.150 e. The van der Waals surface area contributed by atoms with E-state index in [0.29, 0.717) is 24.3 Å². The highest BCUT2D eigenvalue weighted by molar-refractivity contribution is 7.91. The number of rotatable bonds is 1. The Morgan fingerprint density at radius 3 is 2.86 bits per heavy atom. The third kappa shape index (κ3) is 1.47. The molecule has 4 nitrogen and oxygen atoms in total. The van der Waals surface area contributed by atoms with Gasteiger partial charge in [0.05, 0.1) is 17.4 Å². The summed E-state index contributed by atoms with van der Waals surface area (Å²) in [6, 6.07) is 0.842. The van der Waals surface area contributed by atoms with Gasteiger partial charge in [-0.15, -0.1) is 0 Å². The van der Waals surface area contributed by atoms with Crippen molar-refractivity contribution in [2.75, 3.05) is 6.26 Å². The number of fused-ring (bicyclic) bond motifs is 3. The molecule has 3 rings (SSSR count). The molecule has 2 saturated heterocycles. The molecule has 80 valence electrons. The summed E-state index contributed by atoms with van der Waals surface area (Å²) >= 11 is 0. The highest BCUT2D eigenvalue weighted by Crippen LogP contribution is 2.41. The molecule has 0 bridgehead atoms. The van der Waals surface area contributed by atoms with Gasteiger partial charge in [0.25, 0.3) is 0 Å². The van der Waals surface area contributed by atoms with Gasteiger partial charge in [-0.3, -0.25) is 0 Å². The summed E-state index contributed by atoms with van der Waals surface area (Å²) in [6.07, 6.45) is 4.53. The van der Waals surface area contributed by atoms with Crippen LogP contribution in [-0.2, 0) is 14.6 Å². The fourth-order valence-electron chi connectivity index (χ4n) is 2.57. The van der Waals surface area contributed by atoms with Crippen LogP contribution in [0.3, 0.4) is 0 Å². The maximum atomic E-state index is 11.5. The molecule has 0 radical (unpaired) electrons. The second-order valence-electron chi connectivity index (χ2n) is 4.70. The van der Waals surface area contributed by atoms with Crippen molar-refractivity contribution in [3.05, 3.63) is 0 Å². The highest BCUT2D eigenvalue weighted by atomic mass is 32.2. The van der Waals surface area contributed by atoms with Crippen LogP contribution < -0.4 is 5.32 Å². The zero-order valence-corrected chi connectivity index (χ0v) is 8.96. The lowest BCUT2D eigenvalue weighted by Crippen LogP contribution is -2.25. The molecule has 2 aliphatic heterocycles. The van der Waals surface area contributed by atoms with Gasteiger partial charge >= 0.3 is 0 Å². The van der Waals surface area contributed by atoms with Crippen LogP contribution in [0.1, 0.15) is 19.3 Å². The minimum Gasteiger partial charge on any atom is -0.368 e. The third-order valence-electron chi connectivity index (χ3n) is 3.60. The minimum atomic E-state index is -2.87. The Balaban J connectivity index is 1.76. The quantitative estimate of drug-likeness (QED) is 0.612. The van der Waals surface area contributed by atoms with Gasteiger partial charge in [0.1, 0.15) is 15.9 Å². The molecule has 0 aromatic heterocycles. The van der Waals surface area contributed by atoms with Gasteiger partial charge in [-0.25, -0.2) is 8.42 Å². The van der Waals surface area contributed by atoms with E-state index >= 15 is 0 Å². The molecule has 5 unspecified atom stereocenters. The molecule has 5 atom stereocenters. The molecule has 1 aliphatic carbocycles. The first-order valence-electron chi connectivity index (χ1n) is 5.16. The molecule has 0 aromatic carbocycles. The van der Waals surface area contributed by atoms with E-state index in [4.69, 9.17) is 4.74 Å². The van der Waals surface area contributed by atoms with Crippen molar-refractivity contribution in [1.82, 2.24) is 5.32 Å². The van der Waals surface area contributed by atoms with Gasteiger partial charge in [-0.2, -0.15) is 0 Å². The molecule has 0 spiro atoms. The minimum absolute atomic E-state index is 0.157. The summed E-state index contributed by atoms with van der Waals surface area (Å²) in [4.78, 5) is 0. The van der Waals surface area contributed by atoms with Crippen molar-refractivity contribution in [2.24, 2.45) is 0 Å². The lowest BCUT2D eigenvalue weighted by molar-refractivity contribution is 0.359. The first kappa shape index (κ1) is 9.12. The second kappa shape index (κ2) is 2.71. The average Bonchev–Trinajstić information content (AvgIpc) is 2.84. The van der Waals surface area contributed by atoms with Crippen LogP contribution in [-0.4, -0.2) is 44.2 Å². The van der Waals surface area contributed by atoms with Crippen molar-refractivity contribution < 1.29 is 13.2 Å². The Hall–Kier alpha value is -0.130. The predicted molar refractivity (Wildman–Crippen MR) is 51.9 cm³/mol. The summed E-state index contributed by atoms with van der Waals surface area (Å²) in [6.45, 7) is 0.